The van der Waals surface area contributed by atoms with E-state index in [1.165, 1.54) is 0 Å². The second-order valence-corrected chi connectivity index (χ2v) is 5.11. The van der Waals surface area contributed by atoms with Crippen LogP contribution in [0.5, 0.6) is 0 Å². The second-order valence-electron chi connectivity index (χ2n) is 5.11. The fourth-order valence-electron chi connectivity index (χ4n) is 2.52. The van der Waals surface area contributed by atoms with Gasteiger partial charge in [0.2, 0.25) is 5.89 Å². The molecule has 4 rings (SSSR count). The summed E-state index contributed by atoms with van der Waals surface area (Å²) in [4.78, 5) is 14.5. The van der Waals surface area contributed by atoms with Gasteiger partial charge in [-0.2, -0.15) is 0 Å². The molecule has 0 atom stereocenters. The van der Waals surface area contributed by atoms with Gasteiger partial charge < -0.3 is 4.42 Å². The monoisotopic (exact) mass is 308 g/mol. The van der Waals surface area contributed by atoms with E-state index in [9.17, 15) is 14.5 Å². The predicted octanol–water partition coefficient (Wildman–Crippen LogP) is 4.70. The molecular weight excluding hydrogens is 299 g/mol. The van der Waals surface area contributed by atoms with Crippen molar-refractivity contribution in [2.24, 2.45) is 0 Å². The van der Waals surface area contributed by atoms with E-state index in [2.05, 4.69) is 4.98 Å². The summed E-state index contributed by atoms with van der Waals surface area (Å²) >= 11 is 0. The van der Waals surface area contributed by atoms with Crippen LogP contribution in [0.3, 0.4) is 0 Å². The molecule has 0 aliphatic rings. The number of nitrogens with zero attached hydrogens (tertiary/aromatic N) is 2. The normalized spacial score (nSPS) is 11.2. The Morgan fingerprint density at radius 3 is 2.52 bits per heavy atom. The number of hydrogen-bond donors (Lipinski definition) is 0. The number of aromatic nitrogens is 1. The van der Waals surface area contributed by atoms with Crippen molar-refractivity contribution < 1.29 is 13.7 Å². The quantitative estimate of drug-likeness (QED) is 0.398. The molecule has 0 fully saturated rings. The van der Waals surface area contributed by atoms with Crippen LogP contribution in [0.1, 0.15) is 0 Å². The molecule has 1 aromatic heterocycles. The molecule has 0 radical (unpaired) electrons. The third-order valence-electron chi connectivity index (χ3n) is 3.65. The number of halogens is 1. The Kier molecular flexibility index (Phi) is 2.84. The van der Waals surface area contributed by atoms with Gasteiger partial charge in [0.15, 0.2) is 5.58 Å². The predicted molar refractivity (Wildman–Crippen MR) is 83.6 cm³/mol. The van der Waals surface area contributed by atoms with Crippen molar-refractivity contribution in [3.05, 3.63) is 70.5 Å². The average Bonchev–Trinajstić information content (AvgIpc) is 2.95. The summed E-state index contributed by atoms with van der Waals surface area (Å²) in [5.41, 5.74) is 0.836. The minimum atomic E-state index is -0.619. The van der Waals surface area contributed by atoms with E-state index in [-0.39, 0.29) is 17.1 Å². The molecule has 5 nitrogen and oxygen atoms in total. The Bertz CT molecular complexity index is 1020. The van der Waals surface area contributed by atoms with Gasteiger partial charge in [0, 0.05) is 12.1 Å². The van der Waals surface area contributed by atoms with Crippen molar-refractivity contribution in [2.75, 3.05) is 0 Å². The summed E-state index contributed by atoms with van der Waals surface area (Å²) in [6.07, 6.45) is 0. The first-order valence-corrected chi connectivity index (χ1v) is 6.85. The van der Waals surface area contributed by atoms with E-state index >= 15 is 0 Å². The topological polar surface area (TPSA) is 69.2 Å². The minimum absolute atomic E-state index is 0.0245. The van der Waals surface area contributed by atoms with Crippen molar-refractivity contribution in [3.8, 4) is 11.5 Å². The third-order valence-corrected chi connectivity index (χ3v) is 3.65. The van der Waals surface area contributed by atoms with E-state index in [0.717, 1.165) is 29.0 Å². The first-order chi connectivity index (χ1) is 11.1. The number of nitro groups is 1. The van der Waals surface area contributed by atoms with Crippen LogP contribution in [0.2, 0.25) is 0 Å². The average molecular weight is 308 g/mol. The highest BCUT2D eigenvalue weighted by molar-refractivity contribution is 5.94. The van der Waals surface area contributed by atoms with Crippen molar-refractivity contribution in [1.82, 2.24) is 4.98 Å². The van der Waals surface area contributed by atoms with Gasteiger partial charge in [-0.25, -0.2) is 9.37 Å². The number of nitro benzene ring substituents is 1. The van der Waals surface area contributed by atoms with Crippen LogP contribution in [-0.2, 0) is 0 Å². The Morgan fingerprint density at radius 2 is 1.78 bits per heavy atom. The van der Waals surface area contributed by atoms with Gasteiger partial charge in [-0.05, 0) is 29.0 Å². The molecule has 1 heterocycles. The number of oxazole rings is 1. The van der Waals surface area contributed by atoms with Crippen molar-refractivity contribution in [3.63, 3.8) is 0 Å². The van der Waals surface area contributed by atoms with Crippen LogP contribution in [0.25, 0.3) is 33.3 Å². The van der Waals surface area contributed by atoms with Gasteiger partial charge in [0.25, 0.3) is 5.69 Å². The molecule has 0 saturated carbocycles. The lowest BCUT2D eigenvalue weighted by molar-refractivity contribution is -0.384. The molecule has 0 aliphatic heterocycles. The highest BCUT2D eigenvalue weighted by Crippen LogP contribution is 2.31. The molecule has 0 amide bonds. The molecule has 0 saturated heterocycles. The van der Waals surface area contributed by atoms with Crippen LogP contribution in [0.4, 0.5) is 10.1 Å². The van der Waals surface area contributed by atoms with E-state index in [1.54, 1.807) is 0 Å². The summed E-state index contributed by atoms with van der Waals surface area (Å²) in [7, 11) is 0. The number of rotatable bonds is 2. The van der Waals surface area contributed by atoms with E-state index in [4.69, 9.17) is 4.42 Å². The van der Waals surface area contributed by atoms with Crippen LogP contribution in [0, 0.1) is 15.9 Å². The number of benzene rings is 3. The fraction of sp³-hybridized carbons (Fsp3) is 0. The number of fused-ring (bicyclic) bond motifs is 2. The van der Waals surface area contributed by atoms with Gasteiger partial charge in [0.05, 0.1) is 10.5 Å². The molecule has 0 N–H and O–H groups in total. The fourth-order valence-corrected chi connectivity index (χ4v) is 2.52. The zero-order chi connectivity index (χ0) is 16.0. The minimum Gasteiger partial charge on any atom is -0.436 e. The van der Waals surface area contributed by atoms with Gasteiger partial charge in [-0.1, -0.05) is 24.3 Å². The molecule has 112 valence electrons. The Balaban J connectivity index is 1.94. The highest BCUT2D eigenvalue weighted by Gasteiger charge is 2.17. The number of non-ortho nitro benzene ring substituents is 1. The lowest BCUT2D eigenvalue weighted by Crippen LogP contribution is -1.91. The van der Waals surface area contributed by atoms with E-state index in [1.807, 2.05) is 36.4 Å². The van der Waals surface area contributed by atoms with E-state index in [0.29, 0.717) is 11.1 Å². The maximum Gasteiger partial charge on any atom is 0.270 e. The Labute approximate surface area is 129 Å². The lowest BCUT2D eigenvalue weighted by Gasteiger charge is -1.98. The SMILES string of the molecule is O=[N+]([O-])c1ccc(F)c(-c2nc3cc4ccccc4cc3o2)c1. The first-order valence-electron chi connectivity index (χ1n) is 6.85. The maximum absolute atomic E-state index is 14.0. The van der Waals surface area contributed by atoms with E-state index < -0.39 is 10.7 Å². The summed E-state index contributed by atoms with van der Waals surface area (Å²) in [6.45, 7) is 0. The molecule has 0 bridgehead atoms. The summed E-state index contributed by atoms with van der Waals surface area (Å²) in [5, 5.41) is 12.8. The molecule has 4 aromatic rings. The zero-order valence-electron chi connectivity index (χ0n) is 11.7. The van der Waals surface area contributed by atoms with Crippen molar-refractivity contribution >= 4 is 27.6 Å². The standard InChI is InChI=1S/C17H9FN2O3/c18-14-6-5-12(20(21)22)9-13(14)17-19-15-7-10-3-1-2-4-11(10)8-16(15)23-17/h1-9H. The van der Waals surface area contributed by atoms with Gasteiger partial charge in [-0.15, -0.1) is 0 Å². The van der Waals surface area contributed by atoms with Crippen LogP contribution in [0.15, 0.2) is 59.0 Å². The molecule has 0 unspecified atom stereocenters. The summed E-state index contributed by atoms with van der Waals surface area (Å²) in [5.74, 6) is -0.594. The summed E-state index contributed by atoms with van der Waals surface area (Å²) < 4.78 is 19.6. The van der Waals surface area contributed by atoms with Crippen LogP contribution in [-0.4, -0.2) is 9.91 Å². The smallest absolute Gasteiger partial charge is 0.270 e. The highest BCUT2D eigenvalue weighted by atomic mass is 19.1. The molecule has 23 heavy (non-hydrogen) atoms. The molecular formula is C17H9FN2O3. The van der Waals surface area contributed by atoms with Gasteiger partial charge in [-0.3, -0.25) is 10.1 Å². The lowest BCUT2D eigenvalue weighted by atomic mass is 10.1. The van der Waals surface area contributed by atoms with Crippen LogP contribution >= 0.6 is 0 Å². The van der Waals surface area contributed by atoms with Crippen molar-refractivity contribution in [1.29, 1.82) is 0 Å². The Morgan fingerprint density at radius 1 is 1.04 bits per heavy atom. The van der Waals surface area contributed by atoms with Gasteiger partial charge in [0.1, 0.15) is 11.3 Å². The maximum atomic E-state index is 14.0. The number of hydrogen-bond acceptors (Lipinski definition) is 4. The Hall–Kier alpha value is -3.28. The second kappa shape index (κ2) is 4.88. The zero-order valence-corrected chi connectivity index (χ0v) is 11.7. The van der Waals surface area contributed by atoms with Crippen LogP contribution < -0.4 is 0 Å². The molecule has 6 heteroatoms. The first kappa shape index (κ1) is 13.4. The van der Waals surface area contributed by atoms with Gasteiger partial charge >= 0.3 is 0 Å². The summed E-state index contributed by atoms with van der Waals surface area (Å²) in [6, 6.07) is 14.6. The molecule has 0 aliphatic carbocycles. The molecule has 0 spiro atoms. The largest absolute Gasteiger partial charge is 0.436 e. The van der Waals surface area contributed by atoms with Crippen molar-refractivity contribution in [2.45, 2.75) is 0 Å². The molecule has 3 aromatic carbocycles. The third kappa shape index (κ3) is 2.20.